The minimum Gasteiger partial charge on any atom is -0.387 e. The fraction of sp³-hybridized carbons (Fsp3) is 0.364. The number of benzene rings is 1. The van der Waals surface area contributed by atoms with Gasteiger partial charge in [0.05, 0.1) is 0 Å². The number of hydrogen-bond acceptors (Lipinski definition) is 2. The van der Waals surface area contributed by atoms with E-state index in [4.69, 9.17) is 5.11 Å². The van der Waals surface area contributed by atoms with Gasteiger partial charge in [0.2, 0.25) is 5.91 Å². The SMILES string of the molecule is Cc1ccccc1CCNC(=O)CO. The summed E-state index contributed by atoms with van der Waals surface area (Å²) in [5, 5.41) is 11.1. The Kier molecular flexibility index (Phi) is 4.13. The van der Waals surface area contributed by atoms with Crippen molar-refractivity contribution in [3.05, 3.63) is 35.4 Å². The molecule has 0 aliphatic rings. The Morgan fingerprint density at radius 3 is 2.79 bits per heavy atom. The van der Waals surface area contributed by atoms with E-state index in [9.17, 15) is 4.79 Å². The van der Waals surface area contributed by atoms with Crippen molar-refractivity contribution in [3.8, 4) is 0 Å². The molecule has 0 aliphatic carbocycles. The van der Waals surface area contributed by atoms with Crippen molar-refractivity contribution in [2.75, 3.05) is 13.2 Å². The third-order valence-corrected chi connectivity index (χ3v) is 2.12. The van der Waals surface area contributed by atoms with E-state index in [0.717, 1.165) is 6.42 Å². The molecule has 1 rings (SSSR count). The fourth-order valence-electron chi connectivity index (χ4n) is 1.28. The third kappa shape index (κ3) is 3.18. The predicted octanol–water partition coefficient (Wildman–Crippen LogP) is 0.646. The summed E-state index contributed by atoms with van der Waals surface area (Å²) in [6.45, 7) is 2.18. The van der Waals surface area contributed by atoms with Gasteiger partial charge in [-0.15, -0.1) is 0 Å². The normalized spacial score (nSPS) is 9.86. The number of aliphatic hydroxyl groups excluding tert-OH is 1. The van der Waals surface area contributed by atoms with E-state index in [1.165, 1.54) is 11.1 Å². The van der Waals surface area contributed by atoms with Crippen LogP contribution in [0.3, 0.4) is 0 Å². The summed E-state index contributed by atoms with van der Waals surface area (Å²) in [7, 11) is 0. The molecule has 0 bridgehead atoms. The van der Waals surface area contributed by atoms with Crippen LogP contribution in [-0.4, -0.2) is 24.2 Å². The summed E-state index contributed by atoms with van der Waals surface area (Å²) in [5.41, 5.74) is 2.46. The van der Waals surface area contributed by atoms with Crippen molar-refractivity contribution in [3.63, 3.8) is 0 Å². The Bertz CT molecular complexity index is 310. The smallest absolute Gasteiger partial charge is 0.245 e. The second-order valence-corrected chi connectivity index (χ2v) is 3.18. The van der Waals surface area contributed by atoms with Crippen molar-refractivity contribution < 1.29 is 9.90 Å². The van der Waals surface area contributed by atoms with Gasteiger partial charge in [-0.3, -0.25) is 4.79 Å². The molecule has 3 nitrogen and oxygen atoms in total. The van der Waals surface area contributed by atoms with E-state index in [2.05, 4.69) is 5.32 Å². The quantitative estimate of drug-likeness (QED) is 0.737. The lowest BCUT2D eigenvalue weighted by molar-refractivity contribution is -0.123. The first kappa shape index (κ1) is 10.7. The lowest BCUT2D eigenvalue weighted by Crippen LogP contribution is -2.28. The average Bonchev–Trinajstić information content (AvgIpc) is 2.20. The average molecular weight is 193 g/mol. The minimum atomic E-state index is -0.437. The highest BCUT2D eigenvalue weighted by Gasteiger charge is 1.99. The zero-order valence-electron chi connectivity index (χ0n) is 8.29. The Labute approximate surface area is 83.8 Å². The number of rotatable bonds is 4. The van der Waals surface area contributed by atoms with E-state index >= 15 is 0 Å². The van der Waals surface area contributed by atoms with Gasteiger partial charge in [0, 0.05) is 6.54 Å². The molecule has 3 heteroatoms. The standard InChI is InChI=1S/C11H15NO2/c1-9-4-2-3-5-10(9)6-7-12-11(14)8-13/h2-5,13H,6-8H2,1H3,(H,12,14). The van der Waals surface area contributed by atoms with Crippen LogP contribution in [0.5, 0.6) is 0 Å². The van der Waals surface area contributed by atoms with Crippen LogP contribution >= 0.6 is 0 Å². The summed E-state index contributed by atoms with van der Waals surface area (Å²) in [4.78, 5) is 10.7. The van der Waals surface area contributed by atoms with E-state index in [-0.39, 0.29) is 5.91 Å². The van der Waals surface area contributed by atoms with Crippen molar-refractivity contribution in [1.82, 2.24) is 5.32 Å². The molecule has 0 saturated carbocycles. The Morgan fingerprint density at radius 1 is 1.43 bits per heavy atom. The van der Waals surface area contributed by atoms with Crippen molar-refractivity contribution >= 4 is 5.91 Å². The van der Waals surface area contributed by atoms with Crippen molar-refractivity contribution in [2.24, 2.45) is 0 Å². The van der Waals surface area contributed by atoms with E-state index < -0.39 is 6.61 Å². The molecule has 0 aromatic heterocycles. The maximum atomic E-state index is 10.7. The second-order valence-electron chi connectivity index (χ2n) is 3.18. The van der Waals surface area contributed by atoms with Gasteiger partial charge in [-0.25, -0.2) is 0 Å². The van der Waals surface area contributed by atoms with Gasteiger partial charge < -0.3 is 10.4 Å². The molecule has 1 amide bonds. The van der Waals surface area contributed by atoms with Crippen molar-refractivity contribution in [1.29, 1.82) is 0 Å². The molecule has 2 N–H and O–H groups in total. The summed E-state index contributed by atoms with van der Waals surface area (Å²) in [6, 6.07) is 8.06. The molecule has 0 aliphatic heterocycles. The maximum Gasteiger partial charge on any atom is 0.245 e. The summed E-state index contributed by atoms with van der Waals surface area (Å²) in [6.07, 6.45) is 0.804. The van der Waals surface area contributed by atoms with Crippen LogP contribution in [-0.2, 0) is 11.2 Å². The van der Waals surface area contributed by atoms with Crippen LogP contribution in [0.4, 0.5) is 0 Å². The highest BCUT2D eigenvalue weighted by atomic mass is 16.3. The number of carbonyl (C=O) groups excluding carboxylic acids is 1. The Hall–Kier alpha value is -1.35. The van der Waals surface area contributed by atoms with E-state index in [0.29, 0.717) is 6.54 Å². The first-order valence-electron chi connectivity index (χ1n) is 4.66. The summed E-state index contributed by atoms with van der Waals surface area (Å²) in [5.74, 6) is -0.321. The first-order valence-corrected chi connectivity index (χ1v) is 4.66. The highest BCUT2D eigenvalue weighted by Crippen LogP contribution is 2.06. The van der Waals surface area contributed by atoms with Gasteiger partial charge in [-0.2, -0.15) is 0 Å². The zero-order valence-corrected chi connectivity index (χ0v) is 8.29. The molecule has 0 unspecified atom stereocenters. The van der Waals surface area contributed by atoms with Gasteiger partial charge in [-0.05, 0) is 24.5 Å². The summed E-state index contributed by atoms with van der Waals surface area (Å²) >= 11 is 0. The molecule has 0 spiro atoms. The number of aryl methyl sites for hydroxylation is 1. The fourth-order valence-corrected chi connectivity index (χ4v) is 1.28. The van der Waals surface area contributed by atoms with Crippen LogP contribution < -0.4 is 5.32 Å². The zero-order chi connectivity index (χ0) is 10.4. The molecule has 0 heterocycles. The van der Waals surface area contributed by atoms with Gasteiger partial charge >= 0.3 is 0 Å². The van der Waals surface area contributed by atoms with Gasteiger partial charge in [0.25, 0.3) is 0 Å². The van der Waals surface area contributed by atoms with Gasteiger partial charge in [0.15, 0.2) is 0 Å². The third-order valence-electron chi connectivity index (χ3n) is 2.12. The number of nitrogens with one attached hydrogen (secondary N) is 1. The Morgan fingerprint density at radius 2 is 2.14 bits per heavy atom. The first-order chi connectivity index (χ1) is 6.74. The molecule has 14 heavy (non-hydrogen) atoms. The van der Waals surface area contributed by atoms with Gasteiger partial charge in [-0.1, -0.05) is 24.3 Å². The van der Waals surface area contributed by atoms with E-state index in [1.54, 1.807) is 0 Å². The number of carbonyl (C=O) groups is 1. The lowest BCUT2D eigenvalue weighted by Gasteiger charge is -2.05. The maximum absolute atomic E-state index is 10.7. The van der Waals surface area contributed by atoms with Crippen LogP contribution in [0.2, 0.25) is 0 Å². The molecule has 0 atom stereocenters. The Balaban J connectivity index is 2.39. The topological polar surface area (TPSA) is 49.3 Å². The monoisotopic (exact) mass is 193 g/mol. The van der Waals surface area contributed by atoms with Crippen molar-refractivity contribution in [2.45, 2.75) is 13.3 Å². The highest BCUT2D eigenvalue weighted by molar-refractivity contribution is 5.76. The lowest BCUT2D eigenvalue weighted by atomic mass is 10.1. The molecule has 76 valence electrons. The van der Waals surface area contributed by atoms with Crippen LogP contribution in [0, 0.1) is 6.92 Å². The molecule has 0 radical (unpaired) electrons. The molecule has 0 saturated heterocycles. The predicted molar refractivity (Wildman–Crippen MR) is 55.0 cm³/mol. The molecular formula is C11H15NO2. The summed E-state index contributed by atoms with van der Waals surface area (Å²) < 4.78 is 0. The number of hydrogen-bond donors (Lipinski definition) is 2. The van der Waals surface area contributed by atoms with Crippen LogP contribution in [0.1, 0.15) is 11.1 Å². The second kappa shape index (κ2) is 5.40. The van der Waals surface area contributed by atoms with Gasteiger partial charge in [0.1, 0.15) is 6.61 Å². The number of amides is 1. The van der Waals surface area contributed by atoms with E-state index in [1.807, 2.05) is 31.2 Å². The minimum absolute atomic E-state index is 0.321. The van der Waals surface area contributed by atoms with Crippen LogP contribution in [0.15, 0.2) is 24.3 Å². The molecular weight excluding hydrogens is 178 g/mol. The molecule has 1 aromatic carbocycles. The van der Waals surface area contributed by atoms with Crippen LogP contribution in [0.25, 0.3) is 0 Å². The molecule has 0 fully saturated rings. The largest absolute Gasteiger partial charge is 0.387 e. The number of aliphatic hydroxyl groups is 1. The molecule has 1 aromatic rings.